The van der Waals surface area contributed by atoms with E-state index in [1.54, 1.807) is 0 Å². The van der Waals surface area contributed by atoms with Crippen molar-refractivity contribution in [3.05, 3.63) is 17.7 Å². The van der Waals surface area contributed by atoms with Crippen molar-refractivity contribution in [3.63, 3.8) is 0 Å². The second-order valence-corrected chi connectivity index (χ2v) is 4.15. The number of hydrogen-bond acceptors (Lipinski definition) is 3. The van der Waals surface area contributed by atoms with E-state index in [1.807, 2.05) is 6.33 Å². The topological polar surface area (TPSA) is 33.1 Å². The Morgan fingerprint density at radius 1 is 1.60 bits per heavy atom. The highest BCUT2D eigenvalue weighted by Gasteiger charge is 2.14. The van der Waals surface area contributed by atoms with Crippen molar-refractivity contribution < 1.29 is 0 Å². The van der Waals surface area contributed by atoms with Gasteiger partial charge in [0.25, 0.3) is 0 Å². The zero-order chi connectivity index (χ0) is 10.7. The molecule has 2 heterocycles. The molecule has 0 saturated carbocycles. The van der Waals surface area contributed by atoms with Crippen LogP contribution in [0.1, 0.15) is 18.3 Å². The van der Waals surface area contributed by atoms with E-state index in [-0.39, 0.29) is 0 Å². The molecule has 0 unspecified atom stereocenters. The molecule has 1 aliphatic heterocycles. The third kappa shape index (κ3) is 2.38. The lowest BCUT2D eigenvalue weighted by atomic mass is 10.2. The van der Waals surface area contributed by atoms with Crippen molar-refractivity contribution in [1.82, 2.24) is 19.8 Å². The minimum Gasteiger partial charge on any atom is -0.333 e. The molecule has 0 spiro atoms. The second-order valence-electron chi connectivity index (χ2n) is 4.15. The fraction of sp³-hybridized carbons (Fsp3) is 0.727. The Hall–Kier alpha value is -0.870. The van der Waals surface area contributed by atoms with Crippen LogP contribution < -0.4 is 5.32 Å². The van der Waals surface area contributed by atoms with Crippen LogP contribution in [0.5, 0.6) is 0 Å². The molecule has 4 nitrogen and oxygen atoms in total. The predicted molar refractivity (Wildman–Crippen MR) is 60.8 cm³/mol. The molecular formula is C11H20N4. The van der Waals surface area contributed by atoms with Gasteiger partial charge in [-0.2, -0.15) is 0 Å². The van der Waals surface area contributed by atoms with Crippen LogP contribution in [0.25, 0.3) is 0 Å². The van der Waals surface area contributed by atoms with Crippen LogP contribution in [0.3, 0.4) is 0 Å². The lowest BCUT2D eigenvalue weighted by Gasteiger charge is -2.18. The Labute approximate surface area is 91.3 Å². The zero-order valence-corrected chi connectivity index (χ0v) is 9.66. The van der Waals surface area contributed by atoms with Gasteiger partial charge in [0.15, 0.2) is 0 Å². The molecular weight excluding hydrogens is 188 g/mol. The molecule has 1 aliphatic rings. The first kappa shape index (κ1) is 10.6. The molecule has 0 amide bonds. The number of likely N-dealkylation sites (N-methyl/N-ethyl adjacent to an activating group) is 1. The third-order valence-corrected chi connectivity index (χ3v) is 3.13. The maximum absolute atomic E-state index is 4.44. The van der Waals surface area contributed by atoms with Crippen LogP contribution >= 0.6 is 0 Å². The van der Waals surface area contributed by atoms with Gasteiger partial charge in [0, 0.05) is 38.3 Å². The number of fused-ring (bicyclic) bond motifs is 1. The van der Waals surface area contributed by atoms with Crippen molar-refractivity contribution in [3.8, 4) is 0 Å². The van der Waals surface area contributed by atoms with Crippen LogP contribution in [-0.2, 0) is 19.5 Å². The quantitative estimate of drug-likeness (QED) is 0.781. The molecule has 1 aromatic heterocycles. The Kier molecular flexibility index (Phi) is 3.38. The summed E-state index contributed by atoms with van der Waals surface area (Å²) in [5.41, 5.74) is 2.67. The third-order valence-electron chi connectivity index (χ3n) is 3.13. The number of nitrogens with zero attached hydrogens (tertiary/aromatic N) is 3. The van der Waals surface area contributed by atoms with Gasteiger partial charge < -0.3 is 14.8 Å². The van der Waals surface area contributed by atoms with Gasteiger partial charge >= 0.3 is 0 Å². The summed E-state index contributed by atoms with van der Waals surface area (Å²) in [7, 11) is 2.16. The van der Waals surface area contributed by atoms with Gasteiger partial charge in [0.2, 0.25) is 0 Å². The molecule has 15 heavy (non-hydrogen) atoms. The summed E-state index contributed by atoms with van der Waals surface area (Å²) in [6, 6.07) is 0. The minimum atomic E-state index is 0.936. The molecule has 4 heteroatoms. The van der Waals surface area contributed by atoms with Crippen molar-refractivity contribution >= 4 is 0 Å². The summed E-state index contributed by atoms with van der Waals surface area (Å²) in [5.74, 6) is 0. The van der Waals surface area contributed by atoms with Crippen molar-refractivity contribution in [2.75, 3.05) is 26.7 Å². The molecule has 84 valence electrons. The van der Waals surface area contributed by atoms with Crippen molar-refractivity contribution in [1.29, 1.82) is 0 Å². The van der Waals surface area contributed by atoms with Gasteiger partial charge in [-0.3, -0.25) is 0 Å². The number of nitrogens with one attached hydrogen (secondary N) is 1. The maximum atomic E-state index is 4.44. The predicted octanol–water partition coefficient (Wildman–Crippen LogP) is 0.480. The lowest BCUT2D eigenvalue weighted by Crippen LogP contribution is -2.27. The summed E-state index contributed by atoms with van der Waals surface area (Å²) in [6.45, 7) is 7.49. The standard InChI is InChI=1S/C11H20N4/c1-3-14(2)6-7-15-9-13-10-8-12-5-4-11(10)15/h9,12H,3-8H2,1-2H3. The van der Waals surface area contributed by atoms with E-state index >= 15 is 0 Å². The Morgan fingerprint density at radius 3 is 3.27 bits per heavy atom. The molecule has 0 aliphatic carbocycles. The highest BCUT2D eigenvalue weighted by molar-refractivity contribution is 5.16. The highest BCUT2D eigenvalue weighted by Crippen LogP contribution is 2.11. The van der Waals surface area contributed by atoms with Crippen LogP contribution in [0.4, 0.5) is 0 Å². The van der Waals surface area contributed by atoms with Crippen LogP contribution in [0.2, 0.25) is 0 Å². The molecule has 1 aromatic rings. The SMILES string of the molecule is CCN(C)CCn1cnc2c1CCNC2. The van der Waals surface area contributed by atoms with E-state index in [2.05, 4.69) is 33.7 Å². The van der Waals surface area contributed by atoms with Gasteiger partial charge in [-0.25, -0.2) is 4.98 Å². The Bertz CT molecular complexity index is 318. The average molecular weight is 208 g/mol. The van der Waals surface area contributed by atoms with Crippen molar-refractivity contribution in [2.45, 2.75) is 26.4 Å². The Balaban J connectivity index is 1.99. The fourth-order valence-corrected chi connectivity index (χ4v) is 1.93. The van der Waals surface area contributed by atoms with Gasteiger partial charge in [-0.1, -0.05) is 6.92 Å². The molecule has 0 radical (unpaired) electrons. The number of imidazole rings is 1. The molecule has 0 atom stereocenters. The number of rotatable bonds is 4. The van der Waals surface area contributed by atoms with E-state index in [1.165, 1.54) is 11.4 Å². The van der Waals surface area contributed by atoms with E-state index in [9.17, 15) is 0 Å². The van der Waals surface area contributed by atoms with Gasteiger partial charge in [-0.05, 0) is 13.6 Å². The van der Waals surface area contributed by atoms with Gasteiger partial charge in [-0.15, -0.1) is 0 Å². The molecule has 0 bridgehead atoms. The first-order valence-electron chi connectivity index (χ1n) is 5.73. The van der Waals surface area contributed by atoms with E-state index in [0.29, 0.717) is 0 Å². The summed E-state index contributed by atoms with van der Waals surface area (Å²) in [4.78, 5) is 6.77. The minimum absolute atomic E-state index is 0.936. The molecule has 0 aromatic carbocycles. The summed E-state index contributed by atoms with van der Waals surface area (Å²) in [5, 5.41) is 3.34. The number of hydrogen-bond donors (Lipinski definition) is 1. The average Bonchev–Trinajstić information content (AvgIpc) is 2.69. The smallest absolute Gasteiger partial charge is 0.0952 e. The summed E-state index contributed by atoms with van der Waals surface area (Å²) >= 11 is 0. The van der Waals surface area contributed by atoms with E-state index in [0.717, 1.165) is 39.1 Å². The first-order chi connectivity index (χ1) is 7.31. The maximum Gasteiger partial charge on any atom is 0.0952 e. The lowest BCUT2D eigenvalue weighted by molar-refractivity contribution is 0.333. The fourth-order valence-electron chi connectivity index (χ4n) is 1.93. The van der Waals surface area contributed by atoms with Crippen LogP contribution in [0, 0.1) is 0 Å². The molecule has 1 N–H and O–H groups in total. The van der Waals surface area contributed by atoms with E-state index in [4.69, 9.17) is 0 Å². The van der Waals surface area contributed by atoms with E-state index < -0.39 is 0 Å². The van der Waals surface area contributed by atoms with Gasteiger partial charge in [0.1, 0.15) is 0 Å². The highest BCUT2D eigenvalue weighted by atomic mass is 15.1. The molecule has 0 fully saturated rings. The molecule has 2 rings (SSSR count). The van der Waals surface area contributed by atoms with Gasteiger partial charge in [0.05, 0.1) is 12.0 Å². The monoisotopic (exact) mass is 208 g/mol. The molecule has 0 saturated heterocycles. The normalized spacial score (nSPS) is 15.7. The zero-order valence-electron chi connectivity index (χ0n) is 9.66. The largest absolute Gasteiger partial charge is 0.333 e. The van der Waals surface area contributed by atoms with Crippen LogP contribution in [-0.4, -0.2) is 41.1 Å². The van der Waals surface area contributed by atoms with Crippen LogP contribution in [0.15, 0.2) is 6.33 Å². The summed E-state index contributed by atoms with van der Waals surface area (Å²) in [6.07, 6.45) is 3.10. The summed E-state index contributed by atoms with van der Waals surface area (Å²) < 4.78 is 2.31. The first-order valence-corrected chi connectivity index (χ1v) is 5.73. The Morgan fingerprint density at radius 2 is 2.47 bits per heavy atom. The van der Waals surface area contributed by atoms with Crippen molar-refractivity contribution in [2.24, 2.45) is 0 Å². The number of aromatic nitrogens is 2. The second kappa shape index (κ2) is 4.77.